The minimum Gasteiger partial charge on any atom is -0.484 e. The fourth-order valence-corrected chi connectivity index (χ4v) is 2.12. The van der Waals surface area contributed by atoms with E-state index in [0.717, 1.165) is 5.56 Å². The summed E-state index contributed by atoms with van der Waals surface area (Å²) in [6.07, 6.45) is -0.205. The molecule has 7 heteroatoms. The number of hydrogen-bond donors (Lipinski definition) is 2. The van der Waals surface area contributed by atoms with Crippen molar-refractivity contribution in [2.45, 2.75) is 13.0 Å². The zero-order valence-corrected chi connectivity index (χ0v) is 14.0. The van der Waals surface area contributed by atoms with Crippen LogP contribution in [0.15, 0.2) is 48.5 Å². The zero-order chi connectivity index (χ0) is 18.1. The highest BCUT2D eigenvalue weighted by atomic mass is 35.5. The molecule has 0 atom stereocenters. The number of nitriles is 1. The van der Waals surface area contributed by atoms with Crippen molar-refractivity contribution >= 4 is 29.1 Å². The van der Waals surface area contributed by atoms with Gasteiger partial charge in [0.1, 0.15) is 12.2 Å². The SMILES string of the molecule is N#CCC(=O)NCc1ccccc1NC(=O)COc1ccc(Cl)cc1. The molecule has 0 bridgehead atoms. The van der Waals surface area contributed by atoms with E-state index in [9.17, 15) is 9.59 Å². The Balaban J connectivity index is 1.90. The van der Waals surface area contributed by atoms with E-state index in [1.54, 1.807) is 54.6 Å². The van der Waals surface area contributed by atoms with Crippen LogP contribution in [0, 0.1) is 11.3 Å². The molecule has 6 nitrogen and oxygen atoms in total. The normalized spacial score (nSPS) is 9.76. The summed E-state index contributed by atoms with van der Waals surface area (Å²) < 4.78 is 5.39. The molecule has 128 valence electrons. The van der Waals surface area contributed by atoms with Crippen molar-refractivity contribution in [3.8, 4) is 11.8 Å². The van der Waals surface area contributed by atoms with E-state index in [2.05, 4.69) is 10.6 Å². The Morgan fingerprint density at radius 3 is 2.52 bits per heavy atom. The second-order valence-electron chi connectivity index (χ2n) is 5.06. The number of para-hydroxylation sites is 1. The van der Waals surface area contributed by atoms with Crippen molar-refractivity contribution in [1.82, 2.24) is 5.32 Å². The number of ether oxygens (including phenoxy) is 1. The number of rotatable bonds is 7. The van der Waals surface area contributed by atoms with Crippen molar-refractivity contribution in [3.05, 3.63) is 59.1 Å². The number of anilines is 1. The molecule has 2 amide bonds. The molecule has 2 rings (SSSR count). The highest BCUT2D eigenvalue weighted by Crippen LogP contribution is 2.17. The smallest absolute Gasteiger partial charge is 0.262 e. The van der Waals surface area contributed by atoms with Gasteiger partial charge in [0.05, 0.1) is 6.07 Å². The summed E-state index contributed by atoms with van der Waals surface area (Å²) in [6, 6.07) is 15.6. The van der Waals surface area contributed by atoms with E-state index in [1.807, 2.05) is 0 Å². The Kier molecular flexibility index (Phi) is 6.81. The van der Waals surface area contributed by atoms with Crippen molar-refractivity contribution in [3.63, 3.8) is 0 Å². The van der Waals surface area contributed by atoms with Crippen LogP contribution in [0.4, 0.5) is 5.69 Å². The van der Waals surface area contributed by atoms with E-state index in [0.29, 0.717) is 16.5 Å². The summed E-state index contributed by atoms with van der Waals surface area (Å²) >= 11 is 5.79. The van der Waals surface area contributed by atoms with Crippen LogP contribution in [0.2, 0.25) is 5.02 Å². The van der Waals surface area contributed by atoms with E-state index in [1.165, 1.54) is 0 Å². The third kappa shape index (κ3) is 6.16. The molecule has 0 unspecified atom stereocenters. The number of amides is 2. The van der Waals surface area contributed by atoms with Crippen molar-refractivity contribution < 1.29 is 14.3 Å². The van der Waals surface area contributed by atoms with Crippen LogP contribution < -0.4 is 15.4 Å². The zero-order valence-electron chi connectivity index (χ0n) is 13.3. The number of hydrogen-bond acceptors (Lipinski definition) is 4. The molecule has 0 saturated carbocycles. The largest absolute Gasteiger partial charge is 0.484 e. The number of halogens is 1. The molecular weight excluding hydrogens is 342 g/mol. The third-order valence-electron chi connectivity index (χ3n) is 3.19. The number of benzene rings is 2. The Morgan fingerprint density at radius 2 is 1.80 bits per heavy atom. The van der Waals surface area contributed by atoms with Crippen LogP contribution >= 0.6 is 11.6 Å². The van der Waals surface area contributed by atoms with Crippen LogP contribution in [0.3, 0.4) is 0 Å². The third-order valence-corrected chi connectivity index (χ3v) is 3.44. The summed E-state index contributed by atoms with van der Waals surface area (Å²) in [5, 5.41) is 14.4. The van der Waals surface area contributed by atoms with Gasteiger partial charge in [-0.2, -0.15) is 5.26 Å². The fraction of sp³-hybridized carbons (Fsp3) is 0.167. The van der Waals surface area contributed by atoms with Gasteiger partial charge in [-0.1, -0.05) is 29.8 Å². The molecule has 0 aliphatic carbocycles. The highest BCUT2D eigenvalue weighted by Gasteiger charge is 2.08. The lowest BCUT2D eigenvalue weighted by Crippen LogP contribution is -2.24. The molecule has 0 fully saturated rings. The second kappa shape index (κ2) is 9.30. The predicted octanol–water partition coefficient (Wildman–Crippen LogP) is 2.89. The first-order valence-electron chi connectivity index (χ1n) is 7.48. The minimum absolute atomic E-state index is 0.156. The molecule has 2 aromatic rings. The van der Waals surface area contributed by atoms with Gasteiger partial charge in [-0.15, -0.1) is 0 Å². The van der Waals surface area contributed by atoms with Crippen LogP contribution in [0.1, 0.15) is 12.0 Å². The highest BCUT2D eigenvalue weighted by molar-refractivity contribution is 6.30. The maximum Gasteiger partial charge on any atom is 0.262 e. The summed E-state index contributed by atoms with van der Waals surface area (Å²) in [5.41, 5.74) is 1.30. The molecule has 0 aromatic heterocycles. The lowest BCUT2D eigenvalue weighted by atomic mass is 10.1. The second-order valence-corrected chi connectivity index (χ2v) is 5.50. The molecule has 0 radical (unpaired) electrons. The van der Waals surface area contributed by atoms with Crippen LogP contribution in [-0.2, 0) is 16.1 Å². The van der Waals surface area contributed by atoms with Gasteiger partial charge in [-0.25, -0.2) is 0 Å². The summed E-state index contributed by atoms with van der Waals surface area (Å²) in [5.74, 6) is -0.156. The first-order chi connectivity index (χ1) is 12.1. The average Bonchev–Trinajstić information content (AvgIpc) is 2.61. The van der Waals surface area contributed by atoms with E-state index in [4.69, 9.17) is 21.6 Å². The topological polar surface area (TPSA) is 91.2 Å². The Bertz CT molecular complexity index is 785. The number of carbonyl (C=O) groups excluding carboxylic acids is 2. The molecule has 25 heavy (non-hydrogen) atoms. The maximum absolute atomic E-state index is 12.1. The maximum atomic E-state index is 12.1. The average molecular weight is 358 g/mol. The molecule has 0 spiro atoms. The Hall–Kier alpha value is -3.04. The van der Waals surface area contributed by atoms with Gasteiger partial charge in [-0.05, 0) is 35.9 Å². The quantitative estimate of drug-likeness (QED) is 0.797. The standard InChI is InChI=1S/C18H16ClN3O3/c19-14-5-7-15(8-6-14)25-12-18(24)22-16-4-2-1-3-13(16)11-21-17(23)9-10-20/h1-8H,9,11-12H2,(H,21,23)(H,22,24). The molecular formula is C18H16ClN3O3. The number of nitrogens with zero attached hydrogens (tertiary/aromatic N) is 1. The van der Waals surface area contributed by atoms with Gasteiger partial charge in [0.2, 0.25) is 5.91 Å². The summed E-state index contributed by atoms with van der Waals surface area (Å²) in [6.45, 7) is 0.0613. The van der Waals surface area contributed by atoms with E-state index >= 15 is 0 Å². The van der Waals surface area contributed by atoms with Crippen molar-refractivity contribution in [2.75, 3.05) is 11.9 Å². The molecule has 0 aliphatic rings. The fourth-order valence-electron chi connectivity index (χ4n) is 1.99. The van der Waals surface area contributed by atoms with Crippen LogP contribution in [0.25, 0.3) is 0 Å². The van der Waals surface area contributed by atoms with Crippen LogP contribution in [0.5, 0.6) is 5.75 Å². The van der Waals surface area contributed by atoms with Gasteiger partial charge >= 0.3 is 0 Å². The predicted molar refractivity (Wildman–Crippen MR) is 94.1 cm³/mol. The monoisotopic (exact) mass is 357 g/mol. The number of carbonyl (C=O) groups is 2. The first kappa shape index (κ1) is 18.3. The minimum atomic E-state index is -0.366. The lowest BCUT2D eigenvalue weighted by Gasteiger charge is -2.12. The van der Waals surface area contributed by atoms with Gasteiger partial charge in [0.25, 0.3) is 5.91 Å². The molecule has 0 heterocycles. The first-order valence-corrected chi connectivity index (χ1v) is 7.86. The van der Waals surface area contributed by atoms with Crippen molar-refractivity contribution in [2.24, 2.45) is 0 Å². The molecule has 0 saturated heterocycles. The lowest BCUT2D eigenvalue weighted by molar-refractivity contribution is -0.120. The van der Waals surface area contributed by atoms with Crippen LogP contribution in [-0.4, -0.2) is 18.4 Å². The summed E-state index contributed by atoms with van der Waals surface area (Å²) in [4.78, 5) is 23.4. The number of nitrogens with one attached hydrogen (secondary N) is 2. The van der Waals surface area contributed by atoms with E-state index < -0.39 is 0 Å². The Labute approximate surface area is 150 Å². The Morgan fingerprint density at radius 1 is 1.08 bits per heavy atom. The van der Waals surface area contributed by atoms with Gasteiger partial charge in [0.15, 0.2) is 6.61 Å². The van der Waals surface area contributed by atoms with Gasteiger partial charge < -0.3 is 15.4 Å². The molecule has 2 aromatic carbocycles. The summed E-state index contributed by atoms with van der Waals surface area (Å²) in [7, 11) is 0. The molecule has 2 N–H and O–H groups in total. The molecule has 0 aliphatic heterocycles. The van der Waals surface area contributed by atoms with Crippen molar-refractivity contribution in [1.29, 1.82) is 5.26 Å². The van der Waals surface area contributed by atoms with Gasteiger partial charge in [-0.3, -0.25) is 9.59 Å². The van der Waals surface area contributed by atoms with E-state index in [-0.39, 0.29) is 31.4 Å². The van der Waals surface area contributed by atoms with Gasteiger partial charge in [0, 0.05) is 17.3 Å².